The highest BCUT2D eigenvalue weighted by Gasteiger charge is 2.73. The van der Waals surface area contributed by atoms with Gasteiger partial charge in [-0.05, 0) is 55.9 Å². The molecule has 1 aliphatic heterocycles. The molecule has 0 radical (unpaired) electrons. The molecule has 158 valence electrons. The maximum atomic E-state index is 13.2. The van der Waals surface area contributed by atoms with Gasteiger partial charge in [-0.1, -0.05) is 18.2 Å². The van der Waals surface area contributed by atoms with Crippen molar-refractivity contribution >= 4 is 21.9 Å². The van der Waals surface area contributed by atoms with E-state index in [9.17, 15) is 23.1 Å². The fourth-order valence-corrected chi connectivity index (χ4v) is 8.65. The summed E-state index contributed by atoms with van der Waals surface area (Å²) in [4.78, 5) is 26.3. The average Bonchev–Trinajstić information content (AvgIpc) is 3.02. The molecular weight excluding hydrogens is 396 g/mol. The van der Waals surface area contributed by atoms with E-state index < -0.39 is 62.0 Å². The molecule has 29 heavy (non-hydrogen) atoms. The zero-order chi connectivity index (χ0) is 21.0. The molecule has 0 amide bonds. The minimum atomic E-state index is -3.92. The number of carbonyl (C=O) groups excluding carboxylic acids is 2. The van der Waals surface area contributed by atoms with Crippen molar-refractivity contribution < 1.29 is 32.0 Å². The molecule has 4 aliphatic carbocycles. The molecule has 0 aromatic carbocycles. The van der Waals surface area contributed by atoms with Crippen molar-refractivity contribution in [3.8, 4) is 0 Å². The van der Waals surface area contributed by atoms with Gasteiger partial charge in [0.25, 0.3) is 10.1 Å². The van der Waals surface area contributed by atoms with E-state index in [0.717, 1.165) is 11.1 Å². The third-order valence-electron chi connectivity index (χ3n) is 8.59. The first-order valence-electron chi connectivity index (χ1n) is 10.1. The molecule has 7 nitrogen and oxygen atoms in total. The van der Waals surface area contributed by atoms with Gasteiger partial charge in [-0.15, -0.1) is 0 Å². The van der Waals surface area contributed by atoms with Crippen LogP contribution in [0.2, 0.25) is 0 Å². The van der Waals surface area contributed by atoms with Crippen LogP contribution in [0.4, 0.5) is 0 Å². The quantitative estimate of drug-likeness (QED) is 0.388. The number of aliphatic hydroxyl groups is 1. The van der Waals surface area contributed by atoms with Gasteiger partial charge in [0.15, 0.2) is 5.78 Å². The Morgan fingerprint density at radius 3 is 2.83 bits per heavy atom. The van der Waals surface area contributed by atoms with Crippen LogP contribution < -0.4 is 0 Å². The number of fused-ring (bicyclic) bond motifs is 5. The van der Waals surface area contributed by atoms with Gasteiger partial charge in [-0.2, -0.15) is 8.42 Å². The van der Waals surface area contributed by atoms with Crippen LogP contribution in [0.25, 0.3) is 0 Å². The summed E-state index contributed by atoms with van der Waals surface area (Å²) in [6, 6.07) is 0. The first-order chi connectivity index (χ1) is 13.5. The normalized spacial score (nSPS) is 49.7. The summed E-state index contributed by atoms with van der Waals surface area (Å²) in [5, 5.41) is 11.1. The van der Waals surface area contributed by atoms with Crippen LogP contribution in [0.5, 0.6) is 0 Å². The van der Waals surface area contributed by atoms with Crippen molar-refractivity contribution in [2.24, 2.45) is 28.6 Å². The molecule has 4 fully saturated rings. The Labute approximate surface area is 170 Å². The van der Waals surface area contributed by atoms with Gasteiger partial charge in [0.2, 0.25) is 0 Å². The van der Waals surface area contributed by atoms with Gasteiger partial charge >= 0.3 is 5.97 Å². The smallest absolute Gasteiger partial charge is 0.309 e. The largest absolute Gasteiger partial charge is 0.469 e. The Morgan fingerprint density at radius 2 is 2.14 bits per heavy atom. The van der Waals surface area contributed by atoms with Gasteiger partial charge in [0.1, 0.15) is 5.75 Å². The van der Waals surface area contributed by atoms with Crippen molar-refractivity contribution in [3.05, 3.63) is 23.8 Å². The Kier molecular flexibility index (Phi) is 3.75. The minimum absolute atomic E-state index is 0.0419. The highest BCUT2D eigenvalue weighted by Crippen LogP contribution is 2.73. The number of allylic oxidation sites excluding steroid dienone is 1. The third-order valence-corrected chi connectivity index (χ3v) is 9.73. The summed E-state index contributed by atoms with van der Waals surface area (Å²) in [6.45, 7) is 5.84. The van der Waals surface area contributed by atoms with Crippen LogP contribution in [0, 0.1) is 28.6 Å². The molecule has 3 saturated carbocycles. The second-order valence-corrected chi connectivity index (χ2v) is 11.3. The second-order valence-electron chi connectivity index (χ2n) is 9.72. The van der Waals surface area contributed by atoms with E-state index in [2.05, 4.69) is 6.58 Å². The van der Waals surface area contributed by atoms with Crippen LogP contribution in [0.3, 0.4) is 0 Å². The molecule has 1 N–H and O–H groups in total. The zero-order valence-corrected chi connectivity index (χ0v) is 17.5. The van der Waals surface area contributed by atoms with Gasteiger partial charge in [0.05, 0.1) is 30.1 Å². The fraction of sp³-hybridized carbons (Fsp3) is 0.714. The summed E-state index contributed by atoms with van der Waals surface area (Å²) in [7, 11) is -2.58. The molecule has 5 rings (SSSR count). The average molecular weight is 422 g/mol. The zero-order valence-electron chi connectivity index (χ0n) is 16.6. The molecule has 1 spiro atoms. The standard InChI is InChI=1S/C21H26O7S/c1-11-8-20-10-21(11,24)7-6-13(20)12-4-5-15-19(2,14(22)9-29(25,26)28-15)16(12)17(20)18(23)27-3/h4,13,15-17,24H,1,5-10H2,2-3H3/t13?,15-,16?,17-,19-,20+,21+/m1/s1. The van der Waals surface area contributed by atoms with Crippen LogP contribution in [0.15, 0.2) is 23.8 Å². The summed E-state index contributed by atoms with van der Waals surface area (Å²) < 4.78 is 34.7. The number of carbonyl (C=O) groups is 2. The second kappa shape index (κ2) is 5.59. The Bertz CT molecular complexity index is 981. The topological polar surface area (TPSA) is 107 Å². The third kappa shape index (κ3) is 2.23. The number of ether oxygens (including phenoxy) is 1. The first-order valence-corrected chi connectivity index (χ1v) is 11.7. The molecule has 2 bridgehead atoms. The van der Waals surface area contributed by atoms with E-state index in [-0.39, 0.29) is 5.92 Å². The lowest BCUT2D eigenvalue weighted by Gasteiger charge is -2.48. The molecule has 1 saturated heterocycles. The SMILES string of the molecule is C=C1C[C@]23C[C@@]1(O)CCC2C1=CC[C@H]2OS(=O)(=O)CC(=O)[C@@]2(C)C1[C@@H]3C(=O)OC. The Balaban J connectivity index is 1.71. The van der Waals surface area contributed by atoms with E-state index in [4.69, 9.17) is 8.92 Å². The van der Waals surface area contributed by atoms with Crippen molar-refractivity contribution in [1.82, 2.24) is 0 Å². The Hall–Kier alpha value is -1.51. The molecule has 2 unspecified atom stereocenters. The van der Waals surface area contributed by atoms with Crippen molar-refractivity contribution in [1.29, 1.82) is 0 Å². The summed E-state index contributed by atoms with van der Waals surface area (Å²) in [5.74, 6) is -2.58. The lowest BCUT2D eigenvalue weighted by molar-refractivity contribution is -0.159. The molecular formula is C21H26O7S. The lowest BCUT2D eigenvalue weighted by Crippen LogP contribution is -2.58. The van der Waals surface area contributed by atoms with Crippen molar-refractivity contribution in [2.45, 2.75) is 50.7 Å². The van der Waals surface area contributed by atoms with Gasteiger partial charge in [-0.25, -0.2) is 0 Å². The summed E-state index contributed by atoms with van der Waals surface area (Å²) >= 11 is 0. The maximum absolute atomic E-state index is 13.2. The molecule has 8 heteroatoms. The number of ketones is 1. The summed E-state index contributed by atoms with van der Waals surface area (Å²) in [6.07, 6.45) is 3.69. The molecule has 5 aliphatic rings. The summed E-state index contributed by atoms with van der Waals surface area (Å²) in [5.41, 5.74) is -0.895. The van der Waals surface area contributed by atoms with Gasteiger partial charge in [0, 0.05) is 5.92 Å². The van der Waals surface area contributed by atoms with E-state index in [0.29, 0.717) is 32.1 Å². The van der Waals surface area contributed by atoms with E-state index in [1.54, 1.807) is 6.92 Å². The van der Waals surface area contributed by atoms with Gasteiger partial charge in [-0.3, -0.25) is 13.8 Å². The number of methoxy groups -OCH3 is 1. The predicted octanol–water partition coefficient (Wildman–Crippen LogP) is 1.52. The molecule has 7 atom stereocenters. The molecule has 0 aromatic heterocycles. The number of Topliss-reactive ketones (excluding diaryl/α,β-unsaturated/α-hetero) is 1. The maximum Gasteiger partial charge on any atom is 0.309 e. The van der Waals surface area contributed by atoms with Crippen LogP contribution in [-0.4, -0.2) is 49.8 Å². The van der Waals surface area contributed by atoms with E-state index >= 15 is 0 Å². The van der Waals surface area contributed by atoms with E-state index in [1.165, 1.54) is 7.11 Å². The monoisotopic (exact) mass is 422 g/mol. The first kappa shape index (κ1) is 19.5. The lowest BCUT2D eigenvalue weighted by atomic mass is 9.59. The van der Waals surface area contributed by atoms with Gasteiger partial charge < -0.3 is 9.84 Å². The number of hydrogen-bond acceptors (Lipinski definition) is 7. The minimum Gasteiger partial charge on any atom is -0.469 e. The Morgan fingerprint density at radius 1 is 1.41 bits per heavy atom. The highest BCUT2D eigenvalue weighted by atomic mass is 32.2. The predicted molar refractivity (Wildman–Crippen MR) is 102 cm³/mol. The van der Waals surface area contributed by atoms with Crippen LogP contribution >= 0.6 is 0 Å². The molecule has 1 heterocycles. The van der Waals surface area contributed by atoms with Crippen molar-refractivity contribution in [2.75, 3.05) is 12.9 Å². The van der Waals surface area contributed by atoms with E-state index in [1.807, 2.05) is 6.08 Å². The number of esters is 1. The van der Waals surface area contributed by atoms with Crippen LogP contribution in [-0.2, 0) is 28.6 Å². The fourth-order valence-electron chi connectivity index (χ4n) is 7.32. The number of rotatable bonds is 1. The van der Waals surface area contributed by atoms with Crippen molar-refractivity contribution in [3.63, 3.8) is 0 Å². The van der Waals surface area contributed by atoms with Crippen LogP contribution in [0.1, 0.15) is 39.0 Å². The number of hydrogen-bond donors (Lipinski definition) is 1. The molecule has 0 aromatic rings. The highest BCUT2D eigenvalue weighted by molar-refractivity contribution is 7.87.